The topological polar surface area (TPSA) is 75.0 Å². The standard InChI is InChI=1S/C19H25N3O4/c1-21(2)19(24)15-6-8-16(9-7-15)20-18(23)14-22(10-12-25-3)13-17-5-4-11-26-17/h4-9,11H,10,12-14H2,1-3H3,(H,20,23). The summed E-state index contributed by atoms with van der Waals surface area (Å²) in [6, 6.07) is 10.5. The van der Waals surface area contributed by atoms with Crippen molar-refractivity contribution in [1.82, 2.24) is 9.80 Å². The fourth-order valence-corrected chi connectivity index (χ4v) is 2.42. The van der Waals surface area contributed by atoms with Crippen LogP contribution in [0.3, 0.4) is 0 Å². The molecule has 7 heteroatoms. The molecule has 1 aromatic carbocycles. The maximum atomic E-state index is 12.3. The summed E-state index contributed by atoms with van der Waals surface area (Å²) < 4.78 is 10.5. The predicted octanol–water partition coefficient (Wildman–Crippen LogP) is 2.07. The van der Waals surface area contributed by atoms with Gasteiger partial charge in [-0.3, -0.25) is 14.5 Å². The molecule has 0 aliphatic carbocycles. The first-order valence-electron chi connectivity index (χ1n) is 8.35. The van der Waals surface area contributed by atoms with Gasteiger partial charge in [0.2, 0.25) is 5.91 Å². The van der Waals surface area contributed by atoms with Gasteiger partial charge in [-0.25, -0.2) is 0 Å². The summed E-state index contributed by atoms with van der Waals surface area (Å²) in [7, 11) is 5.03. The van der Waals surface area contributed by atoms with E-state index >= 15 is 0 Å². The Morgan fingerprint density at radius 2 is 1.88 bits per heavy atom. The van der Waals surface area contributed by atoms with E-state index < -0.39 is 0 Å². The van der Waals surface area contributed by atoms with Crippen molar-refractivity contribution in [3.8, 4) is 0 Å². The van der Waals surface area contributed by atoms with E-state index in [0.29, 0.717) is 30.9 Å². The Labute approximate surface area is 153 Å². The van der Waals surface area contributed by atoms with Crippen LogP contribution in [0, 0.1) is 0 Å². The van der Waals surface area contributed by atoms with Gasteiger partial charge in [-0.2, -0.15) is 0 Å². The Hall–Kier alpha value is -2.64. The number of nitrogens with one attached hydrogen (secondary N) is 1. The Morgan fingerprint density at radius 3 is 2.46 bits per heavy atom. The van der Waals surface area contributed by atoms with Crippen LogP contribution < -0.4 is 5.32 Å². The zero-order valence-electron chi connectivity index (χ0n) is 15.4. The van der Waals surface area contributed by atoms with Crippen LogP contribution in [0.5, 0.6) is 0 Å². The maximum absolute atomic E-state index is 12.3. The normalized spacial score (nSPS) is 10.8. The summed E-state index contributed by atoms with van der Waals surface area (Å²) in [4.78, 5) is 27.7. The van der Waals surface area contributed by atoms with Crippen LogP contribution >= 0.6 is 0 Å². The van der Waals surface area contributed by atoms with Crippen LogP contribution in [0.2, 0.25) is 0 Å². The smallest absolute Gasteiger partial charge is 0.253 e. The summed E-state index contributed by atoms with van der Waals surface area (Å²) in [5.41, 5.74) is 1.22. The Morgan fingerprint density at radius 1 is 1.15 bits per heavy atom. The summed E-state index contributed by atoms with van der Waals surface area (Å²) >= 11 is 0. The van der Waals surface area contributed by atoms with Gasteiger partial charge in [0.25, 0.3) is 5.91 Å². The van der Waals surface area contributed by atoms with Crippen molar-refractivity contribution in [3.63, 3.8) is 0 Å². The van der Waals surface area contributed by atoms with Gasteiger partial charge in [0.1, 0.15) is 5.76 Å². The molecule has 1 heterocycles. The van der Waals surface area contributed by atoms with Crippen molar-refractivity contribution >= 4 is 17.5 Å². The molecular weight excluding hydrogens is 334 g/mol. The molecule has 2 amide bonds. The molecule has 1 N–H and O–H groups in total. The predicted molar refractivity (Wildman–Crippen MR) is 99.0 cm³/mol. The van der Waals surface area contributed by atoms with Gasteiger partial charge < -0.3 is 19.4 Å². The summed E-state index contributed by atoms with van der Waals surface area (Å²) in [5, 5.41) is 2.85. The first-order chi connectivity index (χ1) is 12.5. The van der Waals surface area contributed by atoms with Crippen molar-refractivity contribution in [3.05, 3.63) is 54.0 Å². The largest absolute Gasteiger partial charge is 0.468 e. The lowest BCUT2D eigenvalue weighted by Crippen LogP contribution is -2.35. The fraction of sp³-hybridized carbons (Fsp3) is 0.368. The molecular formula is C19H25N3O4. The third-order valence-corrected chi connectivity index (χ3v) is 3.76. The third kappa shape index (κ3) is 6.02. The Bertz CT molecular complexity index is 696. The molecule has 0 saturated carbocycles. The molecule has 0 aliphatic rings. The number of furan rings is 1. The van der Waals surface area contributed by atoms with E-state index in [-0.39, 0.29) is 18.4 Å². The van der Waals surface area contributed by atoms with Gasteiger partial charge in [-0.15, -0.1) is 0 Å². The molecule has 7 nitrogen and oxygen atoms in total. The number of hydrogen-bond acceptors (Lipinski definition) is 5. The molecule has 0 radical (unpaired) electrons. The molecule has 26 heavy (non-hydrogen) atoms. The first-order valence-corrected chi connectivity index (χ1v) is 8.35. The van der Waals surface area contributed by atoms with Crippen LogP contribution in [0.1, 0.15) is 16.1 Å². The summed E-state index contributed by atoms with van der Waals surface area (Å²) in [6.07, 6.45) is 1.61. The molecule has 0 atom stereocenters. The van der Waals surface area contributed by atoms with Crippen molar-refractivity contribution < 1.29 is 18.7 Å². The fourth-order valence-electron chi connectivity index (χ4n) is 2.42. The zero-order chi connectivity index (χ0) is 18.9. The number of rotatable bonds is 9. The first kappa shape index (κ1) is 19.7. The zero-order valence-corrected chi connectivity index (χ0v) is 15.4. The molecule has 0 unspecified atom stereocenters. The van der Waals surface area contributed by atoms with Gasteiger partial charge in [0.05, 0.1) is 26.0 Å². The number of anilines is 1. The summed E-state index contributed by atoms with van der Waals surface area (Å²) in [5.74, 6) is 0.576. The number of carbonyl (C=O) groups is 2. The van der Waals surface area contributed by atoms with Crippen molar-refractivity contribution in [2.45, 2.75) is 6.54 Å². The Balaban J connectivity index is 1.93. The second-order valence-electron chi connectivity index (χ2n) is 6.11. The minimum atomic E-state index is -0.139. The maximum Gasteiger partial charge on any atom is 0.253 e. The second-order valence-corrected chi connectivity index (χ2v) is 6.11. The lowest BCUT2D eigenvalue weighted by Gasteiger charge is -2.20. The number of ether oxygens (including phenoxy) is 1. The van der Waals surface area contributed by atoms with Crippen LogP contribution in [0.25, 0.3) is 0 Å². The number of hydrogen-bond donors (Lipinski definition) is 1. The number of methoxy groups -OCH3 is 1. The quantitative estimate of drug-likeness (QED) is 0.742. The molecule has 0 aliphatic heterocycles. The lowest BCUT2D eigenvalue weighted by atomic mass is 10.2. The third-order valence-electron chi connectivity index (χ3n) is 3.76. The van der Waals surface area contributed by atoms with E-state index in [1.165, 1.54) is 4.90 Å². The van der Waals surface area contributed by atoms with Crippen LogP contribution in [-0.4, -0.2) is 62.5 Å². The molecule has 0 saturated heterocycles. The molecule has 1 aromatic heterocycles. The average molecular weight is 359 g/mol. The monoisotopic (exact) mass is 359 g/mol. The van der Waals surface area contributed by atoms with Crippen molar-refractivity contribution in [2.75, 3.05) is 46.2 Å². The molecule has 2 aromatic rings. The second kappa shape index (κ2) is 9.74. The van der Waals surface area contributed by atoms with Crippen LogP contribution in [-0.2, 0) is 16.1 Å². The molecule has 0 bridgehead atoms. The number of benzene rings is 1. The average Bonchev–Trinajstić information content (AvgIpc) is 3.12. The SMILES string of the molecule is COCCN(CC(=O)Nc1ccc(C(=O)N(C)C)cc1)Cc1ccco1. The van der Waals surface area contributed by atoms with Crippen molar-refractivity contribution in [1.29, 1.82) is 0 Å². The molecule has 140 valence electrons. The molecule has 0 fully saturated rings. The number of carbonyl (C=O) groups excluding carboxylic acids is 2. The van der Waals surface area contributed by atoms with Gasteiger partial charge >= 0.3 is 0 Å². The Kier molecular flexibility index (Phi) is 7.37. The minimum Gasteiger partial charge on any atom is -0.468 e. The highest BCUT2D eigenvalue weighted by molar-refractivity contribution is 5.96. The highest BCUT2D eigenvalue weighted by atomic mass is 16.5. The highest BCUT2D eigenvalue weighted by Crippen LogP contribution is 2.11. The van der Waals surface area contributed by atoms with E-state index in [1.54, 1.807) is 51.7 Å². The number of nitrogens with zero attached hydrogens (tertiary/aromatic N) is 2. The van der Waals surface area contributed by atoms with Gasteiger partial charge in [0, 0.05) is 39.0 Å². The lowest BCUT2D eigenvalue weighted by molar-refractivity contribution is -0.117. The van der Waals surface area contributed by atoms with Crippen LogP contribution in [0.15, 0.2) is 47.1 Å². The molecule has 2 rings (SSSR count). The van der Waals surface area contributed by atoms with E-state index in [9.17, 15) is 9.59 Å². The van der Waals surface area contributed by atoms with E-state index in [4.69, 9.17) is 9.15 Å². The minimum absolute atomic E-state index is 0.0768. The van der Waals surface area contributed by atoms with Gasteiger partial charge in [-0.1, -0.05) is 0 Å². The highest BCUT2D eigenvalue weighted by Gasteiger charge is 2.13. The van der Waals surface area contributed by atoms with E-state index in [1.807, 2.05) is 17.0 Å². The summed E-state index contributed by atoms with van der Waals surface area (Å²) in [6.45, 7) is 1.87. The van der Waals surface area contributed by atoms with E-state index in [0.717, 1.165) is 5.76 Å². The van der Waals surface area contributed by atoms with E-state index in [2.05, 4.69) is 5.32 Å². The number of amides is 2. The van der Waals surface area contributed by atoms with Gasteiger partial charge in [0.15, 0.2) is 0 Å². The molecule has 0 spiro atoms. The van der Waals surface area contributed by atoms with Crippen molar-refractivity contribution in [2.24, 2.45) is 0 Å². The van der Waals surface area contributed by atoms with Gasteiger partial charge in [-0.05, 0) is 36.4 Å². The van der Waals surface area contributed by atoms with Crippen LogP contribution in [0.4, 0.5) is 5.69 Å².